The van der Waals surface area contributed by atoms with Crippen LogP contribution in [0.2, 0.25) is 0 Å². The van der Waals surface area contributed by atoms with Gasteiger partial charge >= 0.3 is 5.97 Å². The lowest BCUT2D eigenvalue weighted by Gasteiger charge is -2.09. The molecule has 0 saturated heterocycles. The van der Waals surface area contributed by atoms with Crippen LogP contribution >= 0.6 is 23.6 Å². The zero-order chi connectivity index (χ0) is 14.5. The van der Waals surface area contributed by atoms with Gasteiger partial charge in [-0.3, -0.25) is 9.36 Å². The van der Waals surface area contributed by atoms with E-state index in [2.05, 4.69) is 0 Å². The first-order chi connectivity index (χ1) is 9.58. The Balaban J connectivity index is 2.14. The third-order valence-corrected chi connectivity index (χ3v) is 4.22. The summed E-state index contributed by atoms with van der Waals surface area (Å²) in [6, 6.07) is 0. The van der Waals surface area contributed by atoms with Gasteiger partial charge in [-0.05, 0) is 37.2 Å². The van der Waals surface area contributed by atoms with E-state index in [0.717, 1.165) is 18.6 Å². The van der Waals surface area contributed by atoms with Crippen molar-refractivity contribution in [1.29, 1.82) is 0 Å². The van der Waals surface area contributed by atoms with Gasteiger partial charge in [0.15, 0.2) is 3.95 Å². The fraction of sp³-hybridized carbons (Fsp3) is 0.385. The maximum Gasteiger partial charge on any atom is 0.303 e. The molecule has 1 aromatic rings. The fourth-order valence-electron chi connectivity index (χ4n) is 1.83. The topological polar surface area (TPSA) is 71.7 Å². The van der Waals surface area contributed by atoms with Crippen LogP contribution in [0.1, 0.15) is 30.6 Å². The van der Waals surface area contributed by atoms with Crippen molar-refractivity contribution in [3.05, 3.63) is 26.9 Å². The Morgan fingerprint density at radius 2 is 2.40 bits per heavy atom. The molecule has 20 heavy (non-hydrogen) atoms. The van der Waals surface area contributed by atoms with E-state index in [0.29, 0.717) is 21.8 Å². The lowest BCUT2D eigenvalue weighted by Crippen LogP contribution is -2.01. The molecule has 0 aromatic carbocycles. The normalized spacial score (nSPS) is 16.3. The smallest absolute Gasteiger partial charge is 0.303 e. The summed E-state index contributed by atoms with van der Waals surface area (Å²) in [5.74, 6) is 0.0174. The number of carboxylic acid groups (broad SMARTS) is 1. The summed E-state index contributed by atoms with van der Waals surface area (Å²) in [6.07, 6.45) is 7.56. The van der Waals surface area contributed by atoms with Crippen molar-refractivity contribution in [3.63, 3.8) is 0 Å². The summed E-state index contributed by atoms with van der Waals surface area (Å²) in [5.41, 5.74) is 0. The molecule has 2 N–H and O–H groups in total. The Hall–Kier alpha value is -1.60. The number of rotatable bonds is 5. The van der Waals surface area contributed by atoms with Crippen LogP contribution in [0.5, 0.6) is 5.88 Å². The summed E-state index contributed by atoms with van der Waals surface area (Å²) < 4.78 is 7.45. The fourth-order valence-corrected chi connectivity index (χ4v) is 3.15. The van der Waals surface area contributed by atoms with Crippen LogP contribution in [-0.2, 0) is 16.1 Å². The number of carboxylic acids is 1. The molecule has 0 aliphatic carbocycles. The number of allylic oxidation sites excluding steroid dienone is 2. The minimum Gasteiger partial charge on any atom is -0.493 e. The van der Waals surface area contributed by atoms with Crippen LogP contribution in [0.3, 0.4) is 0 Å². The molecule has 5 nitrogen and oxygen atoms in total. The van der Waals surface area contributed by atoms with Crippen molar-refractivity contribution in [2.75, 3.05) is 0 Å². The summed E-state index contributed by atoms with van der Waals surface area (Å²) in [4.78, 5) is 11.1. The first-order valence-corrected chi connectivity index (χ1v) is 7.47. The first kappa shape index (κ1) is 14.8. The van der Waals surface area contributed by atoms with Crippen LogP contribution in [0, 0.1) is 3.95 Å². The van der Waals surface area contributed by atoms with Gasteiger partial charge in [0.1, 0.15) is 5.76 Å². The molecule has 0 fully saturated rings. The highest BCUT2D eigenvalue weighted by molar-refractivity contribution is 7.73. The second-order valence-electron chi connectivity index (χ2n) is 4.34. The average Bonchev–Trinajstić information content (AvgIpc) is 2.67. The molecule has 7 heteroatoms. The van der Waals surface area contributed by atoms with E-state index < -0.39 is 5.97 Å². The Morgan fingerprint density at radius 1 is 1.60 bits per heavy atom. The van der Waals surface area contributed by atoms with E-state index in [-0.39, 0.29) is 12.3 Å². The second kappa shape index (κ2) is 6.71. The largest absolute Gasteiger partial charge is 0.493 e. The van der Waals surface area contributed by atoms with Crippen LogP contribution in [0.15, 0.2) is 18.1 Å². The Bertz CT molecular complexity index is 612. The van der Waals surface area contributed by atoms with Gasteiger partial charge in [-0.1, -0.05) is 0 Å². The number of thiazole rings is 1. The molecule has 2 heterocycles. The predicted molar refractivity (Wildman–Crippen MR) is 79.1 cm³/mol. The number of nitrogens with zero attached hydrogens (tertiary/aromatic N) is 1. The van der Waals surface area contributed by atoms with Crippen LogP contribution < -0.4 is 0 Å². The van der Waals surface area contributed by atoms with Crippen molar-refractivity contribution >= 4 is 35.6 Å². The summed E-state index contributed by atoms with van der Waals surface area (Å²) in [7, 11) is 0. The van der Waals surface area contributed by atoms with Gasteiger partial charge in [0.05, 0.1) is 11.1 Å². The number of aliphatic carboxylic acids is 1. The number of aromatic nitrogens is 1. The summed E-state index contributed by atoms with van der Waals surface area (Å²) in [6.45, 7) is 0.400. The van der Waals surface area contributed by atoms with E-state index in [1.807, 2.05) is 6.08 Å². The minimum absolute atomic E-state index is 0.0569. The highest BCUT2D eigenvalue weighted by Crippen LogP contribution is 2.30. The molecule has 1 aliphatic rings. The number of aromatic hydroxyl groups is 1. The van der Waals surface area contributed by atoms with E-state index in [4.69, 9.17) is 22.1 Å². The van der Waals surface area contributed by atoms with Crippen LogP contribution in [-0.4, -0.2) is 20.7 Å². The lowest BCUT2D eigenvalue weighted by atomic mass is 10.2. The SMILES string of the molecule is O=C(O)CCCn1c(O)c(C=C2CCC=CO2)sc1=S. The van der Waals surface area contributed by atoms with Gasteiger partial charge in [-0.15, -0.1) is 11.3 Å². The van der Waals surface area contributed by atoms with E-state index in [1.165, 1.54) is 11.3 Å². The second-order valence-corrected chi connectivity index (χ2v) is 6.02. The molecule has 0 spiro atoms. The molecule has 0 saturated carbocycles. The highest BCUT2D eigenvalue weighted by Gasteiger charge is 2.12. The number of ether oxygens (including phenoxy) is 1. The summed E-state index contributed by atoms with van der Waals surface area (Å²) in [5, 5.41) is 18.8. The number of hydrogen-bond donors (Lipinski definition) is 2. The standard InChI is InChI=1S/C13H15NO4S2/c15-11(16)5-3-6-14-12(17)10(20-13(14)19)8-9-4-1-2-7-18-9/h2,7-8,17H,1,3-6H2,(H,15,16). The molecular formula is C13H15NO4S2. The van der Waals surface area contributed by atoms with Crippen molar-refractivity contribution in [2.24, 2.45) is 0 Å². The monoisotopic (exact) mass is 313 g/mol. The minimum atomic E-state index is -0.851. The third-order valence-electron chi connectivity index (χ3n) is 2.83. The average molecular weight is 313 g/mol. The van der Waals surface area contributed by atoms with Crippen molar-refractivity contribution < 1.29 is 19.7 Å². The molecule has 2 rings (SSSR count). The van der Waals surface area contributed by atoms with Gasteiger partial charge in [-0.25, -0.2) is 0 Å². The maximum atomic E-state index is 10.5. The van der Waals surface area contributed by atoms with Gasteiger partial charge in [-0.2, -0.15) is 0 Å². The molecular weight excluding hydrogens is 298 g/mol. The van der Waals surface area contributed by atoms with Crippen molar-refractivity contribution in [3.8, 4) is 5.88 Å². The molecule has 0 bridgehead atoms. The van der Waals surface area contributed by atoms with Crippen LogP contribution in [0.25, 0.3) is 6.08 Å². The lowest BCUT2D eigenvalue weighted by molar-refractivity contribution is -0.137. The summed E-state index contributed by atoms with van der Waals surface area (Å²) >= 11 is 6.49. The van der Waals surface area contributed by atoms with Crippen LogP contribution in [0.4, 0.5) is 0 Å². The van der Waals surface area contributed by atoms with Gasteiger partial charge in [0.2, 0.25) is 5.88 Å². The Morgan fingerprint density at radius 3 is 3.05 bits per heavy atom. The zero-order valence-electron chi connectivity index (χ0n) is 10.7. The van der Waals surface area contributed by atoms with E-state index >= 15 is 0 Å². The van der Waals surface area contributed by atoms with Gasteiger partial charge < -0.3 is 14.9 Å². The Labute approximate surface area is 125 Å². The Kier molecular flexibility index (Phi) is 4.97. The zero-order valence-corrected chi connectivity index (χ0v) is 12.4. The molecule has 0 amide bonds. The molecule has 108 valence electrons. The van der Waals surface area contributed by atoms with Gasteiger partial charge in [0, 0.05) is 19.4 Å². The first-order valence-electron chi connectivity index (χ1n) is 6.24. The molecule has 1 aliphatic heterocycles. The quantitative estimate of drug-likeness (QED) is 0.814. The highest BCUT2D eigenvalue weighted by atomic mass is 32.1. The van der Waals surface area contributed by atoms with Crippen molar-refractivity contribution in [1.82, 2.24) is 4.57 Å². The number of carbonyl (C=O) groups is 1. The third kappa shape index (κ3) is 3.71. The predicted octanol–water partition coefficient (Wildman–Crippen LogP) is 3.51. The maximum absolute atomic E-state index is 10.5. The van der Waals surface area contributed by atoms with Crippen molar-refractivity contribution in [2.45, 2.75) is 32.2 Å². The molecule has 0 atom stereocenters. The van der Waals surface area contributed by atoms with E-state index in [9.17, 15) is 9.90 Å². The molecule has 0 unspecified atom stereocenters. The van der Waals surface area contributed by atoms with Gasteiger partial charge in [0.25, 0.3) is 0 Å². The van der Waals surface area contributed by atoms with E-state index in [1.54, 1.807) is 16.9 Å². The number of hydrogen-bond acceptors (Lipinski definition) is 5. The molecule has 1 aromatic heterocycles. The molecule has 0 radical (unpaired) electrons.